The van der Waals surface area contributed by atoms with E-state index in [4.69, 9.17) is 4.74 Å². The van der Waals surface area contributed by atoms with Crippen molar-refractivity contribution in [2.24, 2.45) is 0 Å². The van der Waals surface area contributed by atoms with E-state index in [1.54, 1.807) is 6.07 Å². The second-order valence-electron chi connectivity index (χ2n) is 7.49. The zero-order valence-corrected chi connectivity index (χ0v) is 17.1. The van der Waals surface area contributed by atoms with Crippen LogP contribution >= 0.6 is 0 Å². The van der Waals surface area contributed by atoms with Crippen molar-refractivity contribution in [3.8, 4) is 0 Å². The van der Waals surface area contributed by atoms with Crippen LogP contribution in [0, 0.1) is 13.8 Å². The summed E-state index contributed by atoms with van der Waals surface area (Å²) in [4.78, 5) is 24.8. The van der Waals surface area contributed by atoms with Crippen molar-refractivity contribution in [1.82, 2.24) is 0 Å². The summed E-state index contributed by atoms with van der Waals surface area (Å²) in [6.45, 7) is 11.9. The molecule has 0 aliphatic carbocycles. The van der Waals surface area contributed by atoms with E-state index in [2.05, 4.69) is 33.0 Å². The molecule has 2 aromatic carbocycles. The Morgan fingerprint density at radius 1 is 0.926 bits per heavy atom. The molecule has 0 radical (unpaired) electrons. The maximum atomic E-state index is 12.5. The summed E-state index contributed by atoms with van der Waals surface area (Å²) in [7, 11) is 0. The minimum absolute atomic E-state index is 0.275. The molecule has 0 unspecified atom stereocenters. The number of hydrogen-bond acceptors (Lipinski definition) is 3. The summed E-state index contributed by atoms with van der Waals surface area (Å²) in [5.74, 6) is -0.260. The number of rotatable bonds is 6. The van der Waals surface area contributed by atoms with E-state index in [1.807, 2.05) is 44.2 Å². The minimum Gasteiger partial charge on any atom is -0.452 e. The number of nitrogens with one attached hydrogen (secondary N) is 1. The van der Waals surface area contributed by atoms with Crippen molar-refractivity contribution in [3.05, 3.63) is 64.2 Å². The molecule has 1 amide bonds. The highest BCUT2D eigenvalue weighted by atomic mass is 16.5. The Morgan fingerprint density at radius 2 is 1.48 bits per heavy atom. The van der Waals surface area contributed by atoms with Gasteiger partial charge in [0.25, 0.3) is 5.91 Å². The third kappa shape index (κ3) is 4.97. The third-order valence-electron chi connectivity index (χ3n) is 4.80. The van der Waals surface area contributed by atoms with Crippen LogP contribution in [0.2, 0.25) is 0 Å². The number of aryl methyl sites for hydroxylation is 1. The van der Waals surface area contributed by atoms with Crippen molar-refractivity contribution in [3.63, 3.8) is 0 Å². The Kier molecular flexibility index (Phi) is 6.78. The molecule has 1 N–H and O–H groups in total. The zero-order chi connectivity index (χ0) is 20.1. The minimum atomic E-state index is -0.479. The normalized spacial score (nSPS) is 11.0. The number of carbonyl (C=O) groups is 2. The fraction of sp³-hybridized carbons (Fsp3) is 0.391. The van der Waals surface area contributed by atoms with Crippen LogP contribution in [0.25, 0.3) is 0 Å². The number of benzene rings is 2. The summed E-state index contributed by atoms with van der Waals surface area (Å²) in [6.07, 6.45) is 0. The van der Waals surface area contributed by atoms with E-state index in [-0.39, 0.29) is 24.3 Å². The van der Waals surface area contributed by atoms with Gasteiger partial charge in [-0.2, -0.15) is 0 Å². The van der Waals surface area contributed by atoms with Crippen LogP contribution in [0.3, 0.4) is 0 Å². The molecule has 4 nitrogen and oxygen atoms in total. The number of esters is 1. The van der Waals surface area contributed by atoms with Crippen LogP contribution in [-0.2, 0) is 9.53 Å². The first kappa shape index (κ1) is 20.7. The number of carbonyl (C=O) groups excluding carboxylic acids is 2. The maximum Gasteiger partial charge on any atom is 0.338 e. The van der Waals surface area contributed by atoms with Crippen molar-refractivity contribution in [1.29, 1.82) is 0 Å². The van der Waals surface area contributed by atoms with E-state index >= 15 is 0 Å². The monoisotopic (exact) mass is 367 g/mol. The Morgan fingerprint density at radius 3 is 2.04 bits per heavy atom. The van der Waals surface area contributed by atoms with Gasteiger partial charge in [0.1, 0.15) is 0 Å². The van der Waals surface area contributed by atoms with Crippen LogP contribution < -0.4 is 5.32 Å². The topological polar surface area (TPSA) is 55.4 Å². The lowest BCUT2D eigenvalue weighted by Gasteiger charge is -2.20. The first-order valence-corrected chi connectivity index (χ1v) is 9.38. The summed E-state index contributed by atoms with van der Waals surface area (Å²) in [5, 5.41) is 2.96. The molecule has 27 heavy (non-hydrogen) atoms. The van der Waals surface area contributed by atoms with Crippen molar-refractivity contribution in [2.75, 3.05) is 11.9 Å². The number of hydrogen-bond donors (Lipinski definition) is 1. The van der Waals surface area contributed by atoms with E-state index < -0.39 is 5.97 Å². The number of amides is 1. The SMILES string of the molecule is Cc1cccc(C(=O)OCC(=O)Nc2c(C(C)C)cccc2C(C)C)c1C. The Bertz CT molecular complexity index is 811. The van der Waals surface area contributed by atoms with Gasteiger partial charge in [0, 0.05) is 5.69 Å². The summed E-state index contributed by atoms with van der Waals surface area (Å²) >= 11 is 0. The lowest BCUT2D eigenvalue weighted by Crippen LogP contribution is -2.23. The molecule has 0 aliphatic rings. The van der Waals surface area contributed by atoms with E-state index in [0.29, 0.717) is 5.56 Å². The molecular weight excluding hydrogens is 338 g/mol. The molecule has 0 aromatic heterocycles. The molecular formula is C23H29NO3. The fourth-order valence-electron chi connectivity index (χ4n) is 3.05. The molecule has 0 atom stereocenters. The average Bonchev–Trinajstić information content (AvgIpc) is 2.61. The van der Waals surface area contributed by atoms with Crippen molar-refractivity contribution >= 4 is 17.6 Å². The molecule has 4 heteroatoms. The zero-order valence-electron chi connectivity index (χ0n) is 17.1. The molecule has 0 spiro atoms. The van der Waals surface area contributed by atoms with E-state index in [1.165, 1.54) is 0 Å². The molecule has 0 saturated heterocycles. The summed E-state index contributed by atoms with van der Waals surface area (Å²) in [5.41, 5.74) is 5.37. The van der Waals surface area contributed by atoms with Gasteiger partial charge < -0.3 is 10.1 Å². The molecule has 2 rings (SSSR count). The lowest BCUT2D eigenvalue weighted by atomic mass is 9.92. The Labute approximate surface area is 161 Å². The molecule has 0 aliphatic heterocycles. The van der Waals surface area contributed by atoms with E-state index in [0.717, 1.165) is 27.9 Å². The van der Waals surface area contributed by atoms with Gasteiger partial charge >= 0.3 is 5.97 Å². The molecule has 0 heterocycles. The van der Waals surface area contributed by atoms with Gasteiger partial charge in [-0.25, -0.2) is 4.79 Å². The molecule has 144 valence electrons. The standard InChI is InChI=1S/C23H29NO3/c1-14(2)18-10-8-11-19(15(3)4)22(18)24-21(25)13-27-23(26)20-12-7-9-16(5)17(20)6/h7-12,14-15H,13H2,1-6H3,(H,24,25). The first-order valence-electron chi connectivity index (χ1n) is 9.38. The highest BCUT2D eigenvalue weighted by Crippen LogP contribution is 2.32. The highest BCUT2D eigenvalue weighted by molar-refractivity contribution is 5.97. The van der Waals surface area contributed by atoms with Gasteiger partial charge in [-0.15, -0.1) is 0 Å². The van der Waals surface area contributed by atoms with Gasteiger partial charge in [0.15, 0.2) is 6.61 Å². The van der Waals surface area contributed by atoms with Crippen LogP contribution in [-0.4, -0.2) is 18.5 Å². The summed E-state index contributed by atoms with van der Waals surface area (Å²) < 4.78 is 5.25. The number of para-hydroxylation sites is 1. The van der Waals surface area contributed by atoms with Gasteiger partial charge in [0.2, 0.25) is 0 Å². The van der Waals surface area contributed by atoms with Gasteiger partial charge in [0.05, 0.1) is 5.56 Å². The van der Waals surface area contributed by atoms with Crippen molar-refractivity contribution in [2.45, 2.75) is 53.4 Å². The first-order chi connectivity index (χ1) is 12.7. The summed E-state index contributed by atoms with van der Waals surface area (Å²) in [6, 6.07) is 11.5. The largest absolute Gasteiger partial charge is 0.452 e. The van der Waals surface area contributed by atoms with Crippen LogP contribution in [0.4, 0.5) is 5.69 Å². The third-order valence-corrected chi connectivity index (χ3v) is 4.80. The molecule has 2 aromatic rings. The quantitative estimate of drug-likeness (QED) is 0.701. The molecule has 0 saturated carbocycles. The van der Waals surface area contributed by atoms with Crippen LogP contribution in [0.15, 0.2) is 36.4 Å². The maximum absolute atomic E-state index is 12.5. The predicted octanol–water partition coefficient (Wildman–Crippen LogP) is 5.35. The van der Waals surface area contributed by atoms with Gasteiger partial charge in [-0.3, -0.25) is 4.79 Å². The second-order valence-corrected chi connectivity index (χ2v) is 7.49. The Hall–Kier alpha value is -2.62. The second kappa shape index (κ2) is 8.85. The molecule has 0 fully saturated rings. The number of ether oxygens (including phenoxy) is 1. The molecule has 0 bridgehead atoms. The predicted molar refractivity (Wildman–Crippen MR) is 109 cm³/mol. The Balaban J connectivity index is 2.12. The van der Waals surface area contributed by atoms with Gasteiger partial charge in [-0.1, -0.05) is 58.0 Å². The highest BCUT2D eigenvalue weighted by Gasteiger charge is 2.18. The van der Waals surface area contributed by atoms with Crippen LogP contribution in [0.5, 0.6) is 0 Å². The van der Waals surface area contributed by atoms with Crippen LogP contribution in [0.1, 0.15) is 72.1 Å². The smallest absolute Gasteiger partial charge is 0.338 e. The number of anilines is 1. The average molecular weight is 367 g/mol. The van der Waals surface area contributed by atoms with Gasteiger partial charge in [-0.05, 0) is 54.0 Å². The lowest BCUT2D eigenvalue weighted by molar-refractivity contribution is -0.119. The van der Waals surface area contributed by atoms with Crippen molar-refractivity contribution < 1.29 is 14.3 Å². The fourth-order valence-corrected chi connectivity index (χ4v) is 3.05. The van der Waals surface area contributed by atoms with E-state index in [9.17, 15) is 9.59 Å².